The second-order valence-electron chi connectivity index (χ2n) is 5.62. The Kier molecular flexibility index (Phi) is 4.76. The molecule has 0 aliphatic carbocycles. The lowest BCUT2D eigenvalue weighted by Crippen LogP contribution is -2.34. The summed E-state index contributed by atoms with van der Waals surface area (Å²) in [6.45, 7) is 4.17. The minimum Gasteiger partial charge on any atom is -0.486 e. The van der Waals surface area contributed by atoms with Crippen molar-refractivity contribution in [1.82, 2.24) is 0 Å². The van der Waals surface area contributed by atoms with Crippen molar-refractivity contribution in [3.63, 3.8) is 0 Å². The Bertz CT molecular complexity index is 493. The number of hydrogen-bond donors (Lipinski definition) is 1. The maximum absolute atomic E-state index is 6.35. The average molecular weight is 312 g/mol. The first-order valence-corrected chi connectivity index (χ1v) is 8.11. The predicted molar refractivity (Wildman–Crippen MR) is 83.7 cm³/mol. The Morgan fingerprint density at radius 3 is 2.71 bits per heavy atom. The van der Waals surface area contributed by atoms with E-state index in [9.17, 15) is 0 Å². The van der Waals surface area contributed by atoms with Gasteiger partial charge in [0.2, 0.25) is 0 Å². The fourth-order valence-electron chi connectivity index (χ4n) is 2.93. The molecule has 1 saturated heterocycles. The molecule has 0 aromatic heterocycles. The predicted octanol–water partition coefficient (Wildman–Crippen LogP) is 3.87. The van der Waals surface area contributed by atoms with E-state index in [1.54, 1.807) is 0 Å². The molecule has 2 unspecified atom stereocenters. The Morgan fingerprint density at radius 1 is 1.19 bits per heavy atom. The molecular formula is C16H22ClNO3. The monoisotopic (exact) mass is 311 g/mol. The molecule has 4 nitrogen and oxygen atoms in total. The molecule has 21 heavy (non-hydrogen) atoms. The molecule has 3 rings (SSSR count). The van der Waals surface area contributed by atoms with Crippen molar-refractivity contribution in [2.24, 2.45) is 0 Å². The lowest BCUT2D eigenvalue weighted by atomic mass is 10.00. The number of halogens is 1. The highest BCUT2D eigenvalue weighted by Crippen LogP contribution is 2.38. The zero-order valence-corrected chi connectivity index (χ0v) is 13.1. The Hall–Kier alpha value is -1.13. The summed E-state index contributed by atoms with van der Waals surface area (Å²) in [5, 5.41) is 4.22. The van der Waals surface area contributed by atoms with Crippen LogP contribution >= 0.6 is 11.6 Å². The summed E-state index contributed by atoms with van der Waals surface area (Å²) in [7, 11) is 0. The standard InChI is InChI=1S/C16H22ClNO3/c1-2-3-12-8-11(4-5-19-12)18-14-10-16-15(9-13(14)17)20-6-7-21-16/h9-12,18H,2-8H2,1H3. The third kappa shape index (κ3) is 3.55. The molecule has 1 N–H and O–H groups in total. The highest BCUT2D eigenvalue weighted by Gasteiger charge is 2.23. The van der Waals surface area contributed by atoms with Gasteiger partial charge in [-0.2, -0.15) is 0 Å². The van der Waals surface area contributed by atoms with Crippen molar-refractivity contribution in [3.05, 3.63) is 17.2 Å². The topological polar surface area (TPSA) is 39.7 Å². The van der Waals surface area contributed by atoms with Gasteiger partial charge in [0.05, 0.1) is 16.8 Å². The molecule has 1 aromatic carbocycles. The molecule has 0 spiro atoms. The van der Waals surface area contributed by atoms with E-state index in [2.05, 4.69) is 12.2 Å². The van der Waals surface area contributed by atoms with Crippen LogP contribution in [0, 0.1) is 0 Å². The van der Waals surface area contributed by atoms with Crippen LogP contribution in [0.2, 0.25) is 5.02 Å². The van der Waals surface area contributed by atoms with E-state index in [-0.39, 0.29) is 0 Å². The average Bonchev–Trinajstić information content (AvgIpc) is 2.49. The number of anilines is 1. The number of nitrogens with one attached hydrogen (secondary N) is 1. The smallest absolute Gasteiger partial charge is 0.163 e. The molecule has 0 saturated carbocycles. The molecule has 2 atom stereocenters. The van der Waals surface area contributed by atoms with Gasteiger partial charge in [0, 0.05) is 24.8 Å². The fourth-order valence-corrected chi connectivity index (χ4v) is 3.14. The third-order valence-corrected chi connectivity index (χ3v) is 4.28. The normalized spacial score (nSPS) is 24.7. The van der Waals surface area contributed by atoms with E-state index in [0.29, 0.717) is 30.4 Å². The summed E-state index contributed by atoms with van der Waals surface area (Å²) in [5.41, 5.74) is 0.920. The SMILES string of the molecule is CCCC1CC(Nc2cc3c(cc2Cl)OCCO3)CCO1. The van der Waals surface area contributed by atoms with Crippen molar-refractivity contribution < 1.29 is 14.2 Å². The summed E-state index contributed by atoms with van der Waals surface area (Å²) in [4.78, 5) is 0. The fraction of sp³-hybridized carbons (Fsp3) is 0.625. The van der Waals surface area contributed by atoms with Gasteiger partial charge in [-0.1, -0.05) is 24.9 Å². The number of ether oxygens (including phenoxy) is 3. The summed E-state index contributed by atoms with van der Waals surface area (Å²) >= 11 is 6.35. The number of hydrogen-bond acceptors (Lipinski definition) is 4. The molecule has 2 heterocycles. The second kappa shape index (κ2) is 6.75. The molecule has 1 fully saturated rings. The highest BCUT2D eigenvalue weighted by atomic mass is 35.5. The molecule has 0 bridgehead atoms. The summed E-state index contributed by atoms with van der Waals surface area (Å²) in [6.07, 6.45) is 4.66. The number of rotatable bonds is 4. The molecule has 2 aliphatic heterocycles. The van der Waals surface area contributed by atoms with Crippen LogP contribution in [0.1, 0.15) is 32.6 Å². The minimum absolute atomic E-state index is 0.359. The lowest BCUT2D eigenvalue weighted by Gasteiger charge is -2.31. The second-order valence-corrected chi connectivity index (χ2v) is 6.03. The zero-order valence-electron chi connectivity index (χ0n) is 12.4. The molecule has 5 heteroatoms. The summed E-state index contributed by atoms with van der Waals surface area (Å²) in [6, 6.07) is 4.18. The lowest BCUT2D eigenvalue weighted by molar-refractivity contribution is 0.00597. The van der Waals surface area contributed by atoms with Crippen LogP contribution in [0.5, 0.6) is 11.5 Å². The van der Waals surface area contributed by atoms with Crippen LogP contribution in [-0.4, -0.2) is 32.0 Å². The highest BCUT2D eigenvalue weighted by molar-refractivity contribution is 6.33. The summed E-state index contributed by atoms with van der Waals surface area (Å²) < 4.78 is 17.0. The molecule has 0 amide bonds. The van der Waals surface area contributed by atoms with Gasteiger partial charge in [-0.15, -0.1) is 0 Å². The first kappa shape index (κ1) is 14.8. The van der Waals surface area contributed by atoms with Crippen LogP contribution < -0.4 is 14.8 Å². The third-order valence-electron chi connectivity index (χ3n) is 3.97. The first-order valence-electron chi connectivity index (χ1n) is 7.73. The zero-order chi connectivity index (χ0) is 14.7. The Labute approximate surface area is 130 Å². The van der Waals surface area contributed by atoms with Crippen molar-refractivity contribution in [2.75, 3.05) is 25.1 Å². The van der Waals surface area contributed by atoms with Gasteiger partial charge < -0.3 is 19.5 Å². The molecule has 0 radical (unpaired) electrons. The maximum atomic E-state index is 6.35. The van der Waals surface area contributed by atoms with Crippen molar-refractivity contribution in [2.45, 2.75) is 44.8 Å². The van der Waals surface area contributed by atoms with E-state index in [4.69, 9.17) is 25.8 Å². The minimum atomic E-state index is 0.359. The van der Waals surface area contributed by atoms with Crippen molar-refractivity contribution in [3.8, 4) is 11.5 Å². The first-order chi connectivity index (χ1) is 10.3. The molecule has 116 valence electrons. The quantitative estimate of drug-likeness (QED) is 0.916. The molecule has 1 aromatic rings. The van der Waals surface area contributed by atoms with Crippen LogP contribution in [-0.2, 0) is 4.74 Å². The van der Waals surface area contributed by atoms with Crippen LogP contribution in [0.25, 0.3) is 0 Å². The molecule has 2 aliphatic rings. The summed E-state index contributed by atoms with van der Waals surface area (Å²) in [5.74, 6) is 1.50. The number of benzene rings is 1. The molecular weight excluding hydrogens is 290 g/mol. The van der Waals surface area contributed by atoms with Gasteiger partial charge in [0.15, 0.2) is 11.5 Å². The van der Waals surface area contributed by atoms with E-state index >= 15 is 0 Å². The maximum Gasteiger partial charge on any atom is 0.163 e. The Balaban J connectivity index is 1.69. The van der Waals surface area contributed by atoms with Crippen LogP contribution in [0.15, 0.2) is 12.1 Å². The van der Waals surface area contributed by atoms with Gasteiger partial charge in [-0.05, 0) is 19.3 Å². The van der Waals surface area contributed by atoms with Gasteiger partial charge >= 0.3 is 0 Å². The van der Waals surface area contributed by atoms with E-state index in [1.807, 2.05) is 12.1 Å². The van der Waals surface area contributed by atoms with E-state index < -0.39 is 0 Å². The van der Waals surface area contributed by atoms with Crippen LogP contribution in [0.4, 0.5) is 5.69 Å². The van der Waals surface area contributed by atoms with Gasteiger partial charge in [0.1, 0.15) is 13.2 Å². The van der Waals surface area contributed by atoms with E-state index in [1.165, 1.54) is 0 Å². The van der Waals surface area contributed by atoms with Gasteiger partial charge in [-0.25, -0.2) is 0 Å². The van der Waals surface area contributed by atoms with Crippen molar-refractivity contribution in [1.29, 1.82) is 0 Å². The van der Waals surface area contributed by atoms with Crippen LogP contribution in [0.3, 0.4) is 0 Å². The largest absolute Gasteiger partial charge is 0.486 e. The number of fused-ring (bicyclic) bond motifs is 1. The Morgan fingerprint density at radius 2 is 1.95 bits per heavy atom. The van der Waals surface area contributed by atoms with E-state index in [0.717, 1.165) is 49.5 Å². The van der Waals surface area contributed by atoms with Gasteiger partial charge in [0.25, 0.3) is 0 Å². The van der Waals surface area contributed by atoms with Gasteiger partial charge in [-0.3, -0.25) is 0 Å². The van der Waals surface area contributed by atoms with Crippen molar-refractivity contribution >= 4 is 17.3 Å².